The van der Waals surface area contributed by atoms with E-state index >= 15 is 0 Å². The van der Waals surface area contributed by atoms with Crippen LogP contribution in [0.5, 0.6) is 11.5 Å². The Morgan fingerprint density at radius 2 is 1.67 bits per heavy atom. The number of hydrogen-bond acceptors (Lipinski definition) is 5. The molecule has 0 aromatic heterocycles. The molecule has 0 saturated carbocycles. The molecule has 0 spiro atoms. The molecule has 1 fully saturated rings. The summed E-state index contributed by atoms with van der Waals surface area (Å²) < 4.78 is 10.6. The number of amides is 1. The van der Waals surface area contributed by atoms with Crippen molar-refractivity contribution in [3.63, 3.8) is 0 Å². The Balaban J connectivity index is 1.99. The van der Waals surface area contributed by atoms with Gasteiger partial charge < -0.3 is 14.6 Å². The van der Waals surface area contributed by atoms with Gasteiger partial charge in [-0.2, -0.15) is 0 Å². The Morgan fingerprint density at radius 1 is 0.970 bits per heavy atom. The monoisotopic (exact) mass is 463 g/mol. The molecule has 1 aliphatic heterocycles. The molecule has 0 aliphatic carbocycles. The summed E-state index contributed by atoms with van der Waals surface area (Å²) in [7, 11) is 3.00. The third-order valence-corrected chi connectivity index (χ3v) is 5.93. The molecule has 6 nitrogen and oxygen atoms in total. The summed E-state index contributed by atoms with van der Waals surface area (Å²) in [5, 5.41) is 11.7. The van der Waals surface area contributed by atoms with Crippen LogP contribution in [0.3, 0.4) is 0 Å². The predicted octanol–water partition coefficient (Wildman–Crippen LogP) is 5.29. The fourth-order valence-corrected chi connectivity index (χ4v) is 4.21. The number of carbonyl (C=O) groups is 2. The number of Topliss-reactive ketones (excluding diaryl/α,β-unsaturated/α-hetero) is 1. The van der Waals surface area contributed by atoms with Gasteiger partial charge in [0.25, 0.3) is 11.7 Å². The molecule has 1 heterocycles. The molecular formula is C26H22ClNO5. The molecular weight excluding hydrogens is 442 g/mol. The van der Waals surface area contributed by atoms with Crippen molar-refractivity contribution in [1.29, 1.82) is 0 Å². The highest BCUT2D eigenvalue weighted by atomic mass is 35.5. The van der Waals surface area contributed by atoms with Crippen molar-refractivity contribution < 1.29 is 24.2 Å². The predicted molar refractivity (Wildman–Crippen MR) is 127 cm³/mol. The summed E-state index contributed by atoms with van der Waals surface area (Å²) in [6, 6.07) is 18.1. The van der Waals surface area contributed by atoms with E-state index in [1.54, 1.807) is 43.5 Å². The number of nitrogens with zero attached hydrogens (tertiary/aromatic N) is 1. The van der Waals surface area contributed by atoms with E-state index in [-0.39, 0.29) is 16.9 Å². The van der Waals surface area contributed by atoms with Crippen LogP contribution in [0.2, 0.25) is 5.02 Å². The molecule has 0 bridgehead atoms. The summed E-state index contributed by atoms with van der Waals surface area (Å²) in [6.07, 6.45) is 0. The van der Waals surface area contributed by atoms with Crippen LogP contribution in [-0.4, -0.2) is 31.0 Å². The highest BCUT2D eigenvalue weighted by Gasteiger charge is 2.47. The zero-order chi connectivity index (χ0) is 23.7. The number of benzene rings is 3. The van der Waals surface area contributed by atoms with Crippen molar-refractivity contribution in [3.05, 3.63) is 94.0 Å². The van der Waals surface area contributed by atoms with Crippen LogP contribution in [0.4, 0.5) is 5.69 Å². The van der Waals surface area contributed by atoms with E-state index in [1.165, 1.54) is 18.1 Å². The Kier molecular flexibility index (Phi) is 6.11. The largest absolute Gasteiger partial charge is 0.507 e. The Bertz CT molecular complexity index is 1270. The number of halogens is 1. The number of aliphatic hydroxyl groups is 1. The first-order valence-corrected chi connectivity index (χ1v) is 10.6. The molecule has 33 heavy (non-hydrogen) atoms. The molecule has 3 aromatic rings. The third kappa shape index (κ3) is 3.94. The molecule has 0 radical (unpaired) electrons. The summed E-state index contributed by atoms with van der Waals surface area (Å²) in [5.74, 6) is -0.936. The molecule has 168 valence electrons. The first-order valence-electron chi connectivity index (χ1n) is 10.2. The maximum Gasteiger partial charge on any atom is 0.300 e. The van der Waals surface area contributed by atoms with Crippen molar-refractivity contribution in [3.8, 4) is 11.5 Å². The maximum absolute atomic E-state index is 13.3. The van der Waals surface area contributed by atoms with E-state index in [1.807, 2.05) is 31.2 Å². The SMILES string of the molecule is COc1ccc(N2C(=O)C(=O)/C(=C(/O)c3cc(Cl)ccc3OC)C2c2ccccc2C)cc1. The Hall–Kier alpha value is -3.77. The van der Waals surface area contributed by atoms with Crippen molar-refractivity contribution in [1.82, 2.24) is 0 Å². The lowest BCUT2D eigenvalue weighted by Crippen LogP contribution is -2.29. The van der Waals surface area contributed by atoms with Gasteiger partial charge in [0.05, 0.1) is 31.4 Å². The first kappa shape index (κ1) is 22.4. The van der Waals surface area contributed by atoms with E-state index in [4.69, 9.17) is 21.1 Å². The quantitative estimate of drug-likeness (QED) is 0.316. The third-order valence-electron chi connectivity index (χ3n) is 5.69. The van der Waals surface area contributed by atoms with Crippen molar-refractivity contribution >= 4 is 34.7 Å². The van der Waals surface area contributed by atoms with Gasteiger partial charge in [0.1, 0.15) is 17.3 Å². The highest BCUT2D eigenvalue weighted by molar-refractivity contribution is 6.51. The molecule has 1 aliphatic rings. The number of methoxy groups -OCH3 is 2. The van der Waals surface area contributed by atoms with Gasteiger partial charge in [0, 0.05) is 10.7 Å². The number of aryl methyl sites for hydroxylation is 1. The van der Waals surface area contributed by atoms with Gasteiger partial charge in [-0.1, -0.05) is 35.9 Å². The van der Waals surface area contributed by atoms with Crippen LogP contribution in [0, 0.1) is 6.92 Å². The van der Waals surface area contributed by atoms with E-state index in [2.05, 4.69) is 0 Å². The molecule has 4 rings (SSSR count). The number of rotatable bonds is 5. The molecule has 1 atom stereocenters. The average molecular weight is 464 g/mol. The van der Waals surface area contributed by atoms with Crippen LogP contribution in [0.25, 0.3) is 5.76 Å². The van der Waals surface area contributed by atoms with Gasteiger partial charge in [-0.05, 0) is 60.5 Å². The fraction of sp³-hybridized carbons (Fsp3) is 0.154. The number of anilines is 1. The lowest BCUT2D eigenvalue weighted by molar-refractivity contribution is -0.132. The zero-order valence-electron chi connectivity index (χ0n) is 18.3. The molecule has 7 heteroatoms. The van der Waals surface area contributed by atoms with Crippen molar-refractivity contribution in [2.75, 3.05) is 19.1 Å². The number of ketones is 1. The van der Waals surface area contributed by atoms with Gasteiger partial charge >= 0.3 is 0 Å². The average Bonchev–Trinajstić information content (AvgIpc) is 3.09. The molecule has 1 unspecified atom stereocenters. The van der Waals surface area contributed by atoms with Crippen LogP contribution in [-0.2, 0) is 9.59 Å². The second kappa shape index (κ2) is 9.00. The minimum atomic E-state index is -0.844. The smallest absolute Gasteiger partial charge is 0.300 e. The second-order valence-corrected chi connectivity index (χ2v) is 8.00. The topological polar surface area (TPSA) is 76.1 Å². The van der Waals surface area contributed by atoms with Crippen LogP contribution in [0.1, 0.15) is 22.7 Å². The zero-order valence-corrected chi connectivity index (χ0v) is 19.1. The van der Waals surface area contributed by atoms with Gasteiger partial charge in [-0.15, -0.1) is 0 Å². The summed E-state index contributed by atoms with van der Waals surface area (Å²) in [5.41, 5.74) is 2.28. The summed E-state index contributed by atoms with van der Waals surface area (Å²) in [6.45, 7) is 1.89. The normalized spacial score (nSPS) is 17.3. The van der Waals surface area contributed by atoms with E-state index < -0.39 is 17.7 Å². The van der Waals surface area contributed by atoms with E-state index in [0.717, 1.165) is 11.1 Å². The van der Waals surface area contributed by atoms with Crippen LogP contribution >= 0.6 is 11.6 Å². The highest BCUT2D eigenvalue weighted by Crippen LogP contribution is 2.44. The van der Waals surface area contributed by atoms with Gasteiger partial charge in [-0.3, -0.25) is 14.5 Å². The van der Waals surface area contributed by atoms with Crippen LogP contribution in [0.15, 0.2) is 72.3 Å². The fourth-order valence-electron chi connectivity index (χ4n) is 4.04. The van der Waals surface area contributed by atoms with E-state index in [0.29, 0.717) is 22.2 Å². The van der Waals surface area contributed by atoms with Gasteiger partial charge in [0.2, 0.25) is 0 Å². The van der Waals surface area contributed by atoms with Crippen LogP contribution < -0.4 is 14.4 Å². The van der Waals surface area contributed by atoms with Gasteiger partial charge in [0.15, 0.2) is 0 Å². The van der Waals surface area contributed by atoms with Crippen molar-refractivity contribution in [2.24, 2.45) is 0 Å². The summed E-state index contributed by atoms with van der Waals surface area (Å²) in [4.78, 5) is 28.0. The van der Waals surface area contributed by atoms with E-state index in [9.17, 15) is 14.7 Å². The number of carbonyl (C=O) groups excluding carboxylic acids is 2. The maximum atomic E-state index is 13.3. The molecule has 3 aromatic carbocycles. The second-order valence-electron chi connectivity index (χ2n) is 7.57. The minimum Gasteiger partial charge on any atom is -0.507 e. The summed E-state index contributed by atoms with van der Waals surface area (Å²) >= 11 is 6.16. The minimum absolute atomic E-state index is 0.0364. The lowest BCUT2D eigenvalue weighted by Gasteiger charge is -2.27. The molecule has 1 N–H and O–H groups in total. The lowest BCUT2D eigenvalue weighted by atomic mass is 9.92. The van der Waals surface area contributed by atoms with Crippen molar-refractivity contribution in [2.45, 2.75) is 13.0 Å². The Morgan fingerprint density at radius 3 is 2.30 bits per heavy atom. The number of aliphatic hydroxyl groups excluding tert-OH is 1. The molecule has 1 saturated heterocycles. The number of hydrogen-bond donors (Lipinski definition) is 1. The molecule has 1 amide bonds. The standard InChI is InChI=1S/C26H22ClNO5/c1-15-6-4-5-7-19(15)23-22(24(29)20-14-16(27)8-13-21(20)33-3)25(30)26(31)28(23)17-9-11-18(32-2)12-10-17/h4-14,23,29H,1-3H3/b24-22+. The van der Waals surface area contributed by atoms with Gasteiger partial charge in [-0.25, -0.2) is 0 Å². The Labute approximate surface area is 196 Å². The number of ether oxygens (including phenoxy) is 2. The first-order chi connectivity index (χ1) is 15.9.